The van der Waals surface area contributed by atoms with Gasteiger partial charge in [-0.2, -0.15) is 0 Å². The molecular formula is C123H102Ir4N8-8. The molecule has 0 spiro atoms. The number of hydrogen-bond donors (Lipinski definition) is 0. The van der Waals surface area contributed by atoms with Gasteiger partial charge in [0.2, 0.25) is 0 Å². The largest absolute Gasteiger partial charge is 0.305 e. The number of nitrogens with zero attached hydrogens (tertiary/aromatic N) is 8. The van der Waals surface area contributed by atoms with Gasteiger partial charge in [-0.3, -0.25) is 0 Å². The molecule has 678 valence electrons. The van der Waals surface area contributed by atoms with Crippen molar-refractivity contribution in [3.63, 3.8) is 0 Å². The Balaban J connectivity index is 0.000000174. The van der Waals surface area contributed by atoms with Crippen LogP contribution in [0.5, 0.6) is 0 Å². The molecule has 12 heteroatoms. The summed E-state index contributed by atoms with van der Waals surface area (Å²) in [5.74, 6) is 0.669. The van der Waals surface area contributed by atoms with Gasteiger partial charge in [0.05, 0.1) is 0 Å². The molecule has 0 atom stereocenters. The number of rotatable bonds is 14. The van der Waals surface area contributed by atoms with E-state index in [0.717, 1.165) is 96.5 Å². The first-order valence-electron chi connectivity index (χ1n) is 43.8. The minimum absolute atomic E-state index is 0. The van der Waals surface area contributed by atoms with Crippen LogP contribution in [0.15, 0.2) is 438 Å². The molecule has 12 aromatic carbocycles. The maximum Gasteiger partial charge on any atom is 0.0166 e. The molecule has 8 heterocycles. The summed E-state index contributed by atoms with van der Waals surface area (Å²) in [4.78, 5) is 34.7. The zero-order chi connectivity index (χ0) is 91.0. The normalized spacial score (nSPS) is 9.97. The first-order valence-corrected chi connectivity index (χ1v) is 43.8. The van der Waals surface area contributed by atoms with Gasteiger partial charge in [-0.25, -0.2) is 0 Å². The molecule has 0 N–H and O–H groups in total. The molecule has 0 saturated carbocycles. The molecule has 0 amide bonds. The van der Waals surface area contributed by atoms with E-state index in [1.165, 1.54) is 89.0 Å². The molecule has 8 nitrogen and oxygen atoms in total. The van der Waals surface area contributed by atoms with Crippen LogP contribution in [-0.2, 0) is 86.8 Å². The summed E-state index contributed by atoms with van der Waals surface area (Å²) >= 11 is 0. The maximum absolute atomic E-state index is 4.47. The molecule has 0 aliphatic heterocycles. The predicted molar refractivity (Wildman–Crippen MR) is 542 cm³/mol. The number of benzene rings is 12. The van der Waals surface area contributed by atoms with Crippen LogP contribution >= 0.6 is 0 Å². The molecule has 4 radical (unpaired) electrons. The van der Waals surface area contributed by atoms with Gasteiger partial charge in [-0.1, -0.05) is 171 Å². The van der Waals surface area contributed by atoms with Gasteiger partial charge in [-0.05, 0) is 233 Å². The van der Waals surface area contributed by atoms with E-state index >= 15 is 0 Å². The van der Waals surface area contributed by atoms with Crippen molar-refractivity contribution in [1.82, 2.24) is 39.9 Å². The van der Waals surface area contributed by atoms with Gasteiger partial charge < -0.3 is 39.9 Å². The Kier molecular flexibility index (Phi) is 44.0. The van der Waals surface area contributed by atoms with E-state index in [1.54, 1.807) is 24.8 Å². The van der Waals surface area contributed by atoms with E-state index in [9.17, 15) is 0 Å². The van der Waals surface area contributed by atoms with Gasteiger partial charge in [0, 0.05) is 130 Å². The van der Waals surface area contributed by atoms with Gasteiger partial charge in [0.25, 0.3) is 0 Å². The molecule has 0 aliphatic rings. The second-order valence-corrected chi connectivity index (χ2v) is 31.5. The minimum atomic E-state index is 0. The Morgan fingerprint density at radius 1 is 0.193 bits per heavy atom. The van der Waals surface area contributed by atoms with Crippen molar-refractivity contribution in [2.45, 2.75) is 68.7 Å². The van der Waals surface area contributed by atoms with Crippen molar-refractivity contribution >= 4 is 0 Å². The van der Waals surface area contributed by atoms with Crippen LogP contribution in [0, 0.1) is 103 Å². The fourth-order valence-electron chi connectivity index (χ4n) is 14.2. The summed E-state index contributed by atoms with van der Waals surface area (Å²) in [6, 6.07) is 155. The average Bonchev–Trinajstić information content (AvgIpc) is 0.816. The summed E-state index contributed by atoms with van der Waals surface area (Å²) in [5, 5.41) is 0. The molecule has 0 fully saturated rings. The molecule has 0 unspecified atom stereocenters. The fourth-order valence-corrected chi connectivity index (χ4v) is 14.2. The summed E-state index contributed by atoms with van der Waals surface area (Å²) in [6.45, 7) is 19.5. The van der Waals surface area contributed by atoms with E-state index in [4.69, 9.17) is 0 Å². The van der Waals surface area contributed by atoms with Crippen molar-refractivity contribution < 1.29 is 80.4 Å². The molecule has 8 aromatic heterocycles. The topological polar surface area (TPSA) is 103 Å². The standard InChI is InChI=1S/C21H20N.C20H18N.2C19H16N.4C11H8N.4Ir/c1-16(2)13-17-7-6-10-19(14-17)20-11-12-22-21(15-20)18-8-4-3-5-9-18;1-14-11-19(12-15(2)16(14)3)18-9-10-21-20(13-18)17-7-5-4-6-8-17;1-14-10-15(2)12-18(11-14)17-8-9-20-19(13-17)16-6-4-3-5-7-16;1-14-8-9-17(12-15(14)2)18-10-11-20-19(13-18)16-6-4-3-5-7-16;4*1-2-6-10(7-3-1)11-8-4-5-9-12-11;;;;/h3-8,10-12,14-16H,13H2,1-2H3;4-7,9-13H,1-3H3;2*3-6,8-13H,1-2H3;4*1-6,8-9H;;;;/q8*-1;;;;. The minimum Gasteiger partial charge on any atom is -0.305 e. The number of aromatic nitrogens is 8. The third-order valence-electron chi connectivity index (χ3n) is 21.1. The van der Waals surface area contributed by atoms with E-state index in [-0.39, 0.29) is 80.4 Å². The number of hydrogen-bond acceptors (Lipinski definition) is 8. The Morgan fingerprint density at radius 3 is 0.711 bits per heavy atom. The summed E-state index contributed by atoms with van der Waals surface area (Å²) < 4.78 is 0. The zero-order valence-electron chi connectivity index (χ0n) is 76.8. The van der Waals surface area contributed by atoms with Crippen LogP contribution in [0.25, 0.3) is 135 Å². The monoisotopic (exact) mass is 2460 g/mol. The summed E-state index contributed by atoms with van der Waals surface area (Å²) in [6.07, 6.45) is 15.7. The Morgan fingerprint density at radius 2 is 0.444 bits per heavy atom. The smallest absolute Gasteiger partial charge is 0.0166 e. The third kappa shape index (κ3) is 33.2. The molecule has 0 bridgehead atoms. The molecule has 20 rings (SSSR count). The quantitative estimate of drug-likeness (QED) is 0.0992. The molecule has 0 aliphatic carbocycles. The molecule has 135 heavy (non-hydrogen) atoms. The van der Waals surface area contributed by atoms with E-state index in [1.807, 2.05) is 292 Å². The third-order valence-corrected chi connectivity index (χ3v) is 21.1. The van der Waals surface area contributed by atoms with E-state index in [2.05, 4.69) is 272 Å². The van der Waals surface area contributed by atoms with Crippen molar-refractivity contribution in [1.29, 1.82) is 0 Å². The molecule has 0 saturated heterocycles. The van der Waals surface area contributed by atoms with Crippen LogP contribution in [0.1, 0.15) is 58.4 Å². The van der Waals surface area contributed by atoms with E-state index in [0.29, 0.717) is 5.92 Å². The van der Waals surface area contributed by atoms with Gasteiger partial charge >= 0.3 is 0 Å². The SMILES string of the molecule is CC(C)Cc1cccc(-c2ccnc(-c3[c-]cccc3)c2)c1.Cc1cc(-c2ccnc(-c3[c-]cccc3)c2)cc(C)c1C.Cc1cc(C)cc(-c2ccnc(-c3[c-]cccc3)c2)c1.Cc1ccc(-c2ccnc(-c3[c-]cccc3)c2)cc1C.[Ir].[Ir].[Ir].[Ir].[c-]1ccccc1-c1ccccn1.[c-]1ccccc1-c1ccccn1.[c-]1ccccc1-c1ccccn1.[c-]1ccccc1-c1ccccn1. The van der Waals surface area contributed by atoms with Crippen LogP contribution in [0.4, 0.5) is 0 Å². The zero-order valence-corrected chi connectivity index (χ0v) is 86.3. The van der Waals surface area contributed by atoms with Crippen molar-refractivity contribution in [2.75, 3.05) is 0 Å². The first-order chi connectivity index (χ1) is 64.2. The van der Waals surface area contributed by atoms with Crippen molar-refractivity contribution in [3.8, 4) is 135 Å². The number of aryl methyl sites for hydroxylation is 6. The van der Waals surface area contributed by atoms with Crippen molar-refractivity contribution in [2.24, 2.45) is 5.92 Å². The fraction of sp³-hybridized carbons (Fsp3) is 0.0894. The Hall–Kier alpha value is -13.6. The van der Waals surface area contributed by atoms with Crippen LogP contribution in [0.3, 0.4) is 0 Å². The van der Waals surface area contributed by atoms with Crippen molar-refractivity contribution in [3.05, 3.63) is 531 Å². The summed E-state index contributed by atoms with van der Waals surface area (Å²) in [7, 11) is 0. The Labute approximate surface area is 852 Å². The van der Waals surface area contributed by atoms with Gasteiger partial charge in [-0.15, -0.1) is 287 Å². The van der Waals surface area contributed by atoms with Crippen LogP contribution in [-0.4, -0.2) is 39.9 Å². The van der Waals surface area contributed by atoms with Crippen LogP contribution < -0.4 is 0 Å². The number of pyridine rings is 8. The van der Waals surface area contributed by atoms with E-state index < -0.39 is 0 Å². The second kappa shape index (κ2) is 56.5. The van der Waals surface area contributed by atoms with Gasteiger partial charge in [0.15, 0.2) is 0 Å². The average molecular weight is 2460 g/mol. The second-order valence-electron chi connectivity index (χ2n) is 31.5. The first kappa shape index (κ1) is 105. The maximum atomic E-state index is 4.47. The molecule has 20 aromatic rings. The predicted octanol–water partition coefficient (Wildman–Crippen LogP) is 30.4. The molecular weight excluding hydrogens is 2360 g/mol. The summed E-state index contributed by atoms with van der Waals surface area (Å²) in [5.41, 5.74) is 36.3. The van der Waals surface area contributed by atoms with Gasteiger partial charge in [0.1, 0.15) is 0 Å². The van der Waals surface area contributed by atoms with Crippen LogP contribution in [0.2, 0.25) is 0 Å². The Bertz CT molecular complexity index is 6310.